The summed E-state index contributed by atoms with van der Waals surface area (Å²) in [6, 6.07) is 1.23. The highest BCUT2D eigenvalue weighted by Crippen LogP contribution is 2.60. The number of phosphoric acid groups is 2. The Bertz CT molecular complexity index is 2110. The Labute approximate surface area is 456 Å². The number of nitrogens with two attached hydrogens (primary N) is 1. The highest BCUT2D eigenvalue weighted by atomic mass is 31.3. The number of phosphoric ester groups is 2. The van der Waals surface area contributed by atoms with Gasteiger partial charge in [0.2, 0.25) is 0 Å². The Kier molecular flexibility index (Phi) is 37.8. The van der Waals surface area contributed by atoms with Crippen molar-refractivity contribution in [3.05, 3.63) is 95.7 Å². The number of carbonyl (C=O) groups is 2. The number of unbranched alkanes of at least 4 members (excludes halogenated alkanes) is 13. The number of anilines is 1. The molecular formula is C55H91N3O17P2. The maximum atomic E-state index is 12.9. The minimum Gasteiger partial charge on any atom is -0.462 e. The molecule has 0 bridgehead atoms. The Morgan fingerprint density at radius 1 is 0.675 bits per heavy atom. The molecule has 77 heavy (non-hydrogen) atoms. The topological polar surface area (TPSA) is 306 Å². The molecule has 9 atom stereocenters. The Balaban J connectivity index is 1.85. The van der Waals surface area contributed by atoms with Crippen LogP contribution in [0.4, 0.5) is 5.82 Å². The van der Waals surface area contributed by atoms with Crippen LogP contribution in [-0.4, -0.2) is 108 Å². The van der Waals surface area contributed by atoms with E-state index in [1.165, 1.54) is 51.0 Å². The second-order valence-corrected chi connectivity index (χ2v) is 22.1. The lowest BCUT2D eigenvalue weighted by Crippen LogP contribution is -2.36. The molecule has 0 aromatic carbocycles. The molecule has 1 aromatic heterocycles. The number of aromatic nitrogens is 2. The molecule has 0 spiro atoms. The van der Waals surface area contributed by atoms with Crippen molar-refractivity contribution in [3.63, 3.8) is 0 Å². The van der Waals surface area contributed by atoms with Gasteiger partial charge in [0, 0.05) is 19.0 Å². The second kappa shape index (κ2) is 42.1. The zero-order valence-electron chi connectivity index (χ0n) is 45.5. The number of nitrogens with zero attached hydrogens (tertiary/aromatic N) is 2. The van der Waals surface area contributed by atoms with E-state index < -0.39 is 95.9 Å². The van der Waals surface area contributed by atoms with Crippen molar-refractivity contribution in [2.45, 2.75) is 217 Å². The molecular weight excluding hydrogens is 1040 g/mol. The lowest BCUT2D eigenvalue weighted by Gasteiger charge is -2.21. The summed E-state index contributed by atoms with van der Waals surface area (Å²) in [5.74, 6) is -1.61. The van der Waals surface area contributed by atoms with Crippen molar-refractivity contribution in [1.29, 1.82) is 0 Å². The van der Waals surface area contributed by atoms with Gasteiger partial charge >= 0.3 is 33.3 Å². The summed E-state index contributed by atoms with van der Waals surface area (Å²) in [6.07, 6.45) is 36.9. The molecule has 438 valence electrons. The van der Waals surface area contributed by atoms with Crippen LogP contribution in [0.5, 0.6) is 0 Å². The molecule has 1 saturated heterocycles. The average molecular weight is 1130 g/mol. The predicted octanol–water partition coefficient (Wildman–Crippen LogP) is 10.0. The minimum absolute atomic E-state index is 0.0283. The van der Waals surface area contributed by atoms with Gasteiger partial charge in [0.15, 0.2) is 12.3 Å². The van der Waals surface area contributed by atoms with Gasteiger partial charge in [-0.3, -0.25) is 23.2 Å². The standard InChI is InChI=1S/C55H91N3O17P2/c1-3-5-7-9-11-13-15-17-18-19-20-21-22-23-24-26-28-30-32-34-38-51(62)73-45(42-70-50(61)39-35-37-47(60)46(59)36-33-31-29-27-25-16-14-12-10-8-6-4-2)43-71-76(66,67)75-77(68,69)72-44-48-52(63)53(64)54(74-48)58-41-40-49(56)57-55(58)65/h12-15,18-19,21-22,25,27,31,33,40-41,45-48,52-54,59-60,63-64H,3-11,16-17,20,23-24,26,28-30,32,34-39,42-44H2,1-2H3,(H,66,67)(H,68,69)(H2,56,57,65)/b14-12-,15-13-,19-18-,22-21-,27-25-,33-31-/t45-,46?,47?,48-,52-,53-,54-/m1/s1. The van der Waals surface area contributed by atoms with Gasteiger partial charge in [-0.2, -0.15) is 9.29 Å². The number of aliphatic hydroxyl groups is 4. The number of allylic oxidation sites excluding steroid dienone is 11. The smallest absolute Gasteiger partial charge is 0.462 e. The summed E-state index contributed by atoms with van der Waals surface area (Å²) >= 11 is 0. The maximum Gasteiger partial charge on any atom is 0.481 e. The number of ether oxygens (including phenoxy) is 3. The normalized spacial score (nSPS) is 20.0. The number of aliphatic hydroxyl groups excluding tert-OH is 4. The van der Waals surface area contributed by atoms with E-state index in [0.717, 1.165) is 81.4 Å². The monoisotopic (exact) mass is 1130 g/mol. The fourth-order valence-corrected chi connectivity index (χ4v) is 9.89. The first-order chi connectivity index (χ1) is 37.0. The molecule has 0 saturated carbocycles. The van der Waals surface area contributed by atoms with Crippen LogP contribution in [0.2, 0.25) is 0 Å². The van der Waals surface area contributed by atoms with E-state index in [4.69, 9.17) is 29.0 Å². The van der Waals surface area contributed by atoms with E-state index in [0.29, 0.717) is 12.8 Å². The van der Waals surface area contributed by atoms with Crippen LogP contribution in [-0.2, 0) is 46.3 Å². The summed E-state index contributed by atoms with van der Waals surface area (Å²) in [6.45, 7) is 1.82. The Hall–Kier alpha value is -3.88. The third-order valence-corrected chi connectivity index (χ3v) is 14.8. The van der Waals surface area contributed by atoms with Crippen molar-refractivity contribution in [2.75, 3.05) is 25.6 Å². The fourth-order valence-electron chi connectivity index (χ4n) is 7.78. The lowest BCUT2D eigenvalue weighted by atomic mass is 10.0. The summed E-state index contributed by atoms with van der Waals surface area (Å²) in [5, 5.41) is 41.8. The molecule has 1 aromatic rings. The summed E-state index contributed by atoms with van der Waals surface area (Å²) in [4.78, 5) is 62.1. The summed E-state index contributed by atoms with van der Waals surface area (Å²) in [5.41, 5.74) is 4.57. The number of carbonyl (C=O) groups excluding carboxylic acids is 2. The van der Waals surface area contributed by atoms with Gasteiger partial charge in [0.1, 0.15) is 30.7 Å². The van der Waals surface area contributed by atoms with Gasteiger partial charge in [-0.05, 0) is 96.0 Å². The van der Waals surface area contributed by atoms with E-state index >= 15 is 0 Å². The third kappa shape index (κ3) is 34.0. The van der Waals surface area contributed by atoms with Gasteiger partial charge in [0.05, 0.1) is 25.4 Å². The fraction of sp³-hybridized carbons (Fsp3) is 0.673. The van der Waals surface area contributed by atoms with E-state index in [1.807, 2.05) is 12.2 Å². The number of nitrogen functional groups attached to an aromatic ring is 1. The molecule has 20 nitrogen and oxygen atoms in total. The number of esters is 2. The molecule has 0 aliphatic carbocycles. The van der Waals surface area contributed by atoms with E-state index in [2.05, 4.69) is 77.8 Å². The molecule has 4 unspecified atom stereocenters. The van der Waals surface area contributed by atoms with Gasteiger partial charge in [-0.1, -0.05) is 145 Å². The van der Waals surface area contributed by atoms with Gasteiger partial charge in [0.25, 0.3) is 0 Å². The van der Waals surface area contributed by atoms with Crippen molar-refractivity contribution in [2.24, 2.45) is 0 Å². The molecule has 1 aliphatic rings. The molecule has 1 fully saturated rings. The SMILES string of the molecule is CCCCC/C=C\C/C=C\C/C=C\CC(O)C(O)CCCC(=O)OC[C@H](COP(=O)(O)OP(=O)(O)OC[C@H]1O[C@@H](n2ccc(N)nc2=O)[C@H](O)[C@@H]1O)OC(=O)CCCCCCCC/C=C\C/C=C\C/C=C\CCCCCC. The molecule has 22 heteroatoms. The third-order valence-electron chi connectivity index (χ3n) is 12.2. The Morgan fingerprint density at radius 3 is 1.78 bits per heavy atom. The molecule has 2 rings (SSSR count). The number of hydrogen-bond donors (Lipinski definition) is 7. The zero-order chi connectivity index (χ0) is 56.6. The maximum absolute atomic E-state index is 12.9. The van der Waals surface area contributed by atoms with Gasteiger partial charge in [-0.15, -0.1) is 0 Å². The van der Waals surface area contributed by atoms with Crippen LogP contribution < -0.4 is 11.4 Å². The van der Waals surface area contributed by atoms with Crippen LogP contribution in [0.15, 0.2) is 90.0 Å². The Morgan fingerprint density at radius 2 is 1.18 bits per heavy atom. The zero-order valence-corrected chi connectivity index (χ0v) is 47.3. The average Bonchev–Trinajstić information content (AvgIpc) is 3.67. The second-order valence-electron chi connectivity index (χ2n) is 19.0. The van der Waals surface area contributed by atoms with Crippen molar-refractivity contribution >= 4 is 33.4 Å². The summed E-state index contributed by atoms with van der Waals surface area (Å²) < 4.78 is 56.7. The van der Waals surface area contributed by atoms with Crippen molar-refractivity contribution < 1.29 is 76.5 Å². The van der Waals surface area contributed by atoms with Crippen LogP contribution in [0, 0.1) is 0 Å². The van der Waals surface area contributed by atoms with Crippen LogP contribution in [0.3, 0.4) is 0 Å². The molecule has 8 N–H and O–H groups in total. The minimum atomic E-state index is -5.50. The molecule has 2 heterocycles. The molecule has 0 amide bonds. The van der Waals surface area contributed by atoms with Crippen LogP contribution >= 0.6 is 15.6 Å². The molecule has 1 aliphatic heterocycles. The first-order valence-electron chi connectivity index (χ1n) is 27.6. The number of rotatable bonds is 45. The molecule has 0 radical (unpaired) electrons. The van der Waals surface area contributed by atoms with E-state index in [1.54, 1.807) is 6.08 Å². The van der Waals surface area contributed by atoms with Gasteiger partial charge in [-0.25, -0.2) is 13.9 Å². The van der Waals surface area contributed by atoms with E-state index in [-0.39, 0.29) is 37.9 Å². The first kappa shape index (κ1) is 69.2. The quantitative estimate of drug-likeness (QED) is 0.0138. The lowest BCUT2D eigenvalue weighted by molar-refractivity contribution is -0.161. The first-order valence-corrected chi connectivity index (χ1v) is 30.6. The van der Waals surface area contributed by atoms with Crippen LogP contribution in [0.25, 0.3) is 0 Å². The predicted molar refractivity (Wildman–Crippen MR) is 296 cm³/mol. The van der Waals surface area contributed by atoms with E-state index in [9.17, 15) is 53.7 Å². The van der Waals surface area contributed by atoms with Crippen molar-refractivity contribution in [3.8, 4) is 0 Å². The summed E-state index contributed by atoms with van der Waals surface area (Å²) in [7, 11) is -11.0. The highest BCUT2D eigenvalue weighted by Gasteiger charge is 2.46. The highest BCUT2D eigenvalue weighted by molar-refractivity contribution is 7.61. The number of hydrogen-bond acceptors (Lipinski definition) is 17. The van der Waals surface area contributed by atoms with Crippen LogP contribution in [0.1, 0.15) is 181 Å². The van der Waals surface area contributed by atoms with Crippen molar-refractivity contribution in [1.82, 2.24) is 9.55 Å². The van der Waals surface area contributed by atoms with Gasteiger partial charge < -0.3 is 50.2 Å². The largest absolute Gasteiger partial charge is 0.481 e.